The minimum Gasteiger partial charge on any atom is -0.376 e. The number of carbonyl (C=O) groups is 1. The number of aliphatic imine (C=N–C) groups is 1. The maximum absolute atomic E-state index is 12.3. The van der Waals surface area contributed by atoms with Crippen LogP contribution < -0.4 is 5.32 Å². The van der Waals surface area contributed by atoms with Gasteiger partial charge in [-0.3, -0.25) is 9.79 Å². The van der Waals surface area contributed by atoms with Gasteiger partial charge in [-0.1, -0.05) is 37.3 Å². The molecule has 0 heterocycles. The summed E-state index contributed by atoms with van der Waals surface area (Å²) < 4.78 is 5.80. The molecule has 0 aromatic heterocycles. The summed E-state index contributed by atoms with van der Waals surface area (Å²) in [6.07, 6.45) is 0. The van der Waals surface area contributed by atoms with Gasteiger partial charge in [-0.25, -0.2) is 0 Å². The van der Waals surface area contributed by atoms with Crippen molar-refractivity contribution in [3.63, 3.8) is 0 Å². The Morgan fingerprint density at radius 3 is 2.39 bits per heavy atom. The van der Waals surface area contributed by atoms with E-state index in [1.165, 1.54) is 5.56 Å². The van der Waals surface area contributed by atoms with E-state index in [2.05, 4.69) is 29.4 Å². The smallest absolute Gasteiger partial charge is 0.242 e. The lowest BCUT2D eigenvalue weighted by atomic mass is 10.2. The average Bonchev–Trinajstić information content (AvgIpc) is 2.66. The normalized spacial score (nSPS) is 12.1. The monoisotopic (exact) mass is 504 g/mol. The number of amides is 1. The molecule has 1 aromatic carbocycles. The van der Waals surface area contributed by atoms with Crippen molar-refractivity contribution in [2.45, 2.75) is 34.3 Å². The van der Waals surface area contributed by atoms with Crippen LogP contribution in [0.3, 0.4) is 0 Å². The zero-order valence-corrected chi connectivity index (χ0v) is 20.3. The summed E-state index contributed by atoms with van der Waals surface area (Å²) in [5.41, 5.74) is 1.18. The number of hydrogen-bond acceptors (Lipinski definition) is 3. The SMILES string of the molecule is CCNC(=NCC(C)COCc1ccccc1)N(C)CC(=O)N(CC)CC.I. The first-order valence-corrected chi connectivity index (χ1v) is 9.90. The highest BCUT2D eigenvalue weighted by Crippen LogP contribution is 2.04. The second-order valence-corrected chi connectivity index (χ2v) is 6.72. The van der Waals surface area contributed by atoms with E-state index in [1.54, 1.807) is 0 Å². The molecule has 1 N–H and O–H groups in total. The van der Waals surface area contributed by atoms with Crippen LogP contribution in [0, 0.1) is 5.92 Å². The van der Waals surface area contributed by atoms with E-state index in [1.807, 2.05) is 55.8 Å². The Balaban J connectivity index is 0.00000729. The molecule has 0 saturated carbocycles. The van der Waals surface area contributed by atoms with E-state index >= 15 is 0 Å². The van der Waals surface area contributed by atoms with Gasteiger partial charge in [-0.15, -0.1) is 24.0 Å². The molecule has 1 unspecified atom stereocenters. The third kappa shape index (κ3) is 10.3. The highest BCUT2D eigenvalue weighted by Gasteiger charge is 2.15. The van der Waals surface area contributed by atoms with Crippen molar-refractivity contribution in [3.8, 4) is 0 Å². The van der Waals surface area contributed by atoms with Gasteiger partial charge in [0.05, 0.1) is 19.8 Å². The molecule has 1 aromatic rings. The summed E-state index contributed by atoms with van der Waals surface area (Å²) in [5, 5.41) is 3.26. The van der Waals surface area contributed by atoms with Gasteiger partial charge < -0.3 is 19.9 Å². The Labute approximate surface area is 187 Å². The fourth-order valence-electron chi connectivity index (χ4n) is 2.67. The molecule has 1 amide bonds. The molecular formula is C21H37IN4O2. The van der Waals surface area contributed by atoms with E-state index in [4.69, 9.17) is 4.74 Å². The highest BCUT2D eigenvalue weighted by atomic mass is 127. The van der Waals surface area contributed by atoms with E-state index in [9.17, 15) is 4.79 Å². The van der Waals surface area contributed by atoms with Crippen molar-refractivity contribution >= 4 is 35.8 Å². The van der Waals surface area contributed by atoms with Gasteiger partial charge in [-0.05, 0) is 32.3 Å². The minimum absolute atomic E-state index is 0. The fourth-order valence-corrected chi connectivity index (χ4v) is 2.67. The van der Waals surface area contributed by atoms with Crippen molar-refractivity contribution < 1.29 is 9.53 Å². The molecule has 0 saturated heterocycles. The number of halogens is 1. The van der Waals surface area contributed by atoms with E-state index in [-0.39, 0.29) is 29.9 Å². The molecule has 0 bridgehead atoms. The summed E-state index contributed by atoms with van der Waals surface area (Å²) in [5.74, 6) is 1.18. The van der Waals surface area contributed by atoms with Crippen LogP contribution in [0.15, 0.2) is 35.3 Å². The number of hydrogen-bond donors (Lipinski definition) is 1. The largest absolute Gasteiger partial charge is 0.376 e. The molecule has 0 spiro atoms. The lowest BCUT2D eigenvalue weighted by molar-refractivity contribution is -0.131. The quantitative estimate of drug-likeness (QED) is 0.286. The van der Waals surface area contributed by atoms with Gasteiger partial charge in [0.1, 0.15) is 0 Å². The molecule has 0 aliphatic rings. The molecule has 28 heavy (non-hydrogen) atoms. The maximum Gasteiger partial charge on any atom is 0.242 e. The number of likely N-dealkylation sites (N-methyl/N-ethyl adjacent to an activating group) is 2. The molecule has 1 atom stereocenters. The lowest BCUT2D eigenvalue weighted by Crippen LogP contribution is -2.45. The van der Waals surface area contributed by atoms with E-state index in [0.717, 1.165) is 25.6 Å². The molecule has 0 aliphatic carbocycles. The predicted molar refractivity (Wildman–Crippen MR) is 127 cm³/mol. The van der Waals surface area contributed by atoms with Crippen molar-refractivity contribution in [1.82, 2.24) is 15.1 Å². The Morgan fingerprint density at radius 2 is 1.82 bits per heavy atom. The third-order valence-corrected chi connectivity index (χ3v) is 4.25. The topological polar surface area (TPSA) is 57.2 Å². The second-order valence-electron chi connectivity index (χ2n) is 6.72. The van der Waals surface area contributed by atoms with E-state index in [0.29, 0.717) is 32.2 Å². The number of ether oxygens (including phenoxy) is 1. The average molecular weight is 504 g/mol. The standard InChI is InChI=1S/C21H36N4O2.HI/c1-6-22-21(24(5)15-20(26)25(7-2)8-3)23-14-18(4)16-27-17-19-12-10-9-11-13-19;/h9-13,18H,6-8,14-17H2,1-5H3,(H,22,23);1H. The predicted octanol–water partition coefficient (Wildman–Crippen LogP) is 3.22. The van der Waals surface area contributed by atoms with Gasteiger partial charge in [0, 0.05) is 33.2 Å². The summed E-state index contributed by atoms with van der Waals surface area (Å²) in [7, 11) is 1.90. The molecule has 160 valence electrons. The summed E-state index contributed by atoms with van der Waals surface area (Å²) >= 11 is 0. The number of benzene rings is 1. The Morgan fingerprint density at radius 1 is 1.18 bits per heavy atom. The zero-order valence-electron chi connectivity index (χ0n) is 18.0. The van der Waals surface area contributed by atoms with Gasteiger partial charge in [0.2, 0.25) is 5.91 Å². The first-order valence-electron chi connectivity index (χ1n) is 9.90. The van der Waals surface area contributed by atoms with Crippen LogP contribution in [0.5, 0.6) is 0 Å². The molecule has 0 fully saturated rings. The van der Waals surface area contributed by atoms with Crippen LogP contribution >= 0.6 is 24.0 Å². The van der Waals surface area contributed by atoms with Crippen molar-refractivity contribution in [2.75, 3.05) is 46.4 Å². The van der Waals surface area contributed by atoms with Crippen molar-refractivity contribution in [2.24, 2.45) is 10.9 Å². The molecule has 0 aliphatic heterocycles. The van der Waals surface area contributed by atoms with Crippen LogP contribution in [-0.2, 0) is 16.1 Å². The van der Waals surface area contributed by atoms with Crippen LogP contribution in [0.2, 0.25) is 0 Å². The zero-order chi connectivity index (χ0) is 20.1. The number of rotatable bonds is 11. The minimum atomic E-state index is 0. The van der Waals surface area contributed by atoms with Crippen molar-refractivity contribution in [1.29, 1.82) is 0 Å². The Hall–Kier alpha value is -1.35. The lowest BCUT2D eigenvalue weighted by Gasteiger charge is -2.26. The molecule has 7 heteroatoms. The number of nitrogens with zero attached hydrogens (tertiary/aromatic N) is 3. The van der Waals surface area contributed by atoms with Gasteiger partial charge in [0.25, 0.3) is 0 Å². The molecule has 0 radical (unpaired) electrons. The van der Waals surface area contributed by atoms with E-state index < -0.39 is 0 Å². The third-order valence-electron chi connectivity index (χ3n) is 4.25. The van der Waals surface area contributed by atoms with Gasteiger partial charge in [0.15, 0.2) is 5.96 Å². The first-order chi connectivity index (χ1) is 13.0. The summed E-state index contributed by atoms with van der Waals surface area (Å²) in [6, 6.07) is 10.2. The first kappa shape index (κ1) is 26.6. The number of nitrogens with one attached hydrogen (secondary N) is 1. The maximum atomic E-state index is 12.3. The Bertz CT molecular complexity index is 565. The summed E-state index contributed by atoms with van der Waals surface area (Å²) in [6.45, 7) is 12.6. The van der Waals surface area contributed by atoms with Gasteiger partial charge in [-0.2, -0.15) is 0 Å². The van der Waals surface area contributed by atoms with Crippen LogP contribution in [0.25, 0.3) is 0 Å². The number of guanidine groups is 1. The fraction of sp³-hybridized carbons (Fsp3) is 0.619. The Kier molecular flexibility index (Phi) is 14.8. The van der Waals surface area contributed by atoms with Gasteiger partial charge >= 0.3 is 0 Å². The molecule has 1 rings (SSSR count). The molecular weight excluding hydrogens is 467 g/mol. The van der Waals surface area contributed by atoms with Crippen LogP contribution in [-0.4, -0.2) is 68.0 Å². The molecule has 6 nitrogen and oxygen atoms in total. The number of carbonyl (C=O) groups excluding carboxylic acids is 1. The van der Waals surface area contributed by atoms with Crippen LogP contribution in [0.4, 0.5) is 0 Å². The second kappa shape index (κ2) is 15.6. The highest BCUT2D eigenvalue weighted by molar-refractivity contribution is 14.0. The van der Waals surface area contributed by atoms with Crippen molar-refractivity contribution in [3.05, 3.63) is 35.9 Å². The summed E-state index contributed by atoms with van der Waals surface area (Å²) in [4.78, 5) is 20.7. The van der Waals surface area contributed by atoms with Crippen LogP contribution in [0.1, 0.15) is 33.3 Å².